The Kier molecular flexibility index (Phi) is 8.76. The second kappa shape index (κ2) is 11.3. The largest absolute Gasteiger partial charge is 0.493 e. The van der Waals surface area contributed by atoms with Gasteiger partial charge in [0.05, 0.1) is 12.7 Å². The number of aliphatic hydroxyl groups excluding tert-OH is 1. The van der Waals surface area contributed by atoms with Crippen LogP contribution in [0.5, 0.6) is 5.75 Å². The zero-order valence-corrected chi connectivity index (χ0v) is 16.8. The van der Waals surface area contributed by atoms with Gasteiger partial charge in [-0.05, 0) is 41.2 Å². The summed E-state index contributed by atoms with van der Waals surface area (Å²) in [5, 5.41) is 9.77. The van der Waals surface area contributed by atoms with Crippen LogP contribution in [0.25, 0.3) is 11.1 Å². The Morgan fingerprint density at radius 3 is 2.29 bits per heavy atom. The van der Waals surface area contributed by atoms with Crippen LogP contribution in [0.4, 0.5) is 0 Å². The SMILES string of the molecule is C=CC(=O)OCC(O)CCOc1ccc(-c2ccc(CC(C)CC)cc2)cc1. The van der Waals surface area contributed by atoms with Crippen molar-refractivity contribution in [2.75, 3.05) is 13.2 Å². The molecule has 4 nitrogen and oxygen atoms in total. The highest BCUT2D eigenvalue weighted by Gasteiger charge is 2.08. The number of benzene rings is 2. The van der Waals surface area contributed by atoms with E-state index in [4.69, 9.17) is 9.47 Å². The average molecular weight is 383 g/mol. The molecule has 0 saturated heterocycles. The van der Waals surface area contributed by atoms with E-state index in [2.05, 4.69) is 44.7 Å². The normalized spacial score (nSPS) is 12.8. The third-order valence-corrected chi connectivity index (χ3v) is 4.73. The van der Waals surface area contributed by atoms with Crippen molar-refractivity contribution in [2.24, 2.45) is 5.92 Å². The van der Waals surface area contributed by atoms with Crippen molar-refractivity contribution < 1.29 is 19.4 Å². The standard InChI is InChI=1S/C24H30O4/c1-4-18(3)16-19-6-8-20(9-7-19)21-10-12-23(13-11-21)27-15-14-22(25)17-28-24(26)5-2/h5-13,18,22,25H,2,4,14-17H2,1,3H3. The van der Waals surface area contributed by atoms with Gasteiger partial charge in [0.1, 0.15) is 12.4 Å². The number of carbonyl (C=O) groups excluding carboxylic acids is 1. The summed E-state index contributed by atoms with van der Waals surface area (Å²) in [5.41, 5.74) is 3.69. The van der Waals surface area contributed by atoms with E-state index < -0.39 is 12.1 Å². The topological polar surface area (TPSA) is 55.8 Å². The van der Waals surface area contributed by atoms with E-state index in [1.165, 1.54) is 17.5 Å². The molecule has 1 N–H and O–H groups in total. The van der Waals surface area contributed by atoms with Crippen LogP contribution in [0.2, 0.25) is 0 Å². The Balaban J connectivity index is 1.81. The molecule has 0 amide bonds. The van der Waals surface area contributed by atoms with Crippen molar-refractivity contribution >= 4 is 5.97 Å². The van der Waals surface area contributed by atoms with Crippen LogP contribution < -0.4 is 4.74 Å². The molecule has 2 atom stereocenters. The van der Waals surface area contributed by atoms with Gasteiger partial charge in [0.25, 0.3) is 0 Å². The molecule has 2 aromatic rings. The molecular weight excluding hydrogens is 352 g/mol. The Morgan fingerprint density at radius 2 is 1.71 bits per heavy atom. The Hall–Kier alpha value is -2.59. The second-order valence-corrected chi connectivity index (χ2v) is 7.06. The highest BCUT2D eigenvalue weighted by Crippen LogP contribution is 2.24. The van der Waals surface area contributed by atoms with E-state index in [0.717, 1.165) is 23.8 Å². The van der Waals surface area contributed by atoms with Crippen LogP contribution in [0, 0.1) is 5.92 Å². The van der Waals surface area contributed by atoms with Crippen LogP contribution in [0.1, 0.15) is 32.3 Å². The summed E-state index contributed by atoms with van der Waals surface area (Å²) < 4.78 is 10.4. The van der Waals surface area contributed by atoms with Gasteiger partial charge < -0.3 is 14.6 Å². The van der Waals surface area contributed by atoms with Gasteiger partial charge in [-0.25, -0.2) is 4.79 Å². The molecule has 0 fully saturated rings. The first kappa shape index (κ1) is 21.7. The lowest BCUT2D eigenvalue weighted by molar-refractivity contribution is -0.140. The molecule has 28 heavy (non-hydrogen) atoms. The fourth-order valence-corrected chi connectivity index (χ4v) is 2.76. The molecule has 0 aromatic heterocycles. The fraction of sp³-hybridized carbons (Fsp3) is 0.375. The lowest BCUT2D eigenvalue weighted by Gasteiger charge is -2.12. The van der Waals surface area contributed by atoms with Crippen LogP contribution in [0.15, 0.2) is 61.2 Å². The zero-order valence-electron chi connectivity index (χ0n) is 16.8. The number of esters is 1. The Bertz CT molecular complexity index is 734. The minimum atomic E-state index is -0.753. The quantitative estimate of drug-likeness (QED) is 0.448. The third kappa shape index (κ3) is 7.20. The smallest absolute Gasteiger partial charge is 0.330 e. The number of hydrogen-bond donors (Lipinski definition) is 1. The first-order valence-corrected chi connectivity index (χ1v) is 9.81. The van der Waals surface area contributed by atoms with Crippen LogP contribution in [0.3, 0.4) is 0 Å². The lowest BCUT2D eigenvalue weighted by atomic mass is 9.97. The number of aliphatic hydroxyl groups is 1. The van der Waals surface area contributed by atoms with E-state index in [1.807, 2.05) is 24.3 Å². The third-order valence-electron chi connectivity index (χ3n) is 4.73. The predicted molar refractivity (Wildman–Crippen MR) is 112 cm³/mol. The fourth-order valence-electron chi connectivity index (χ4n) is 2.76. The van der Waals surface area contributed by atoms with Gasteiger partial charge in [-0.3, -0.25) is 0 Å². The monoisotopic (exact) mass is 382 g/mol. The van der Waals surface area contributed by atoms with Gasteiger partial charge in [0, 0.05) is 12.5 Å². The van der Waals surface area contributed by atoms with E-state index in [9.17, 15) is 9.90 Å². The van der Waals surface area contributed by atoms with Gasteiger partial charge >= 0.3 is 5.97 Å². The van der Waals surface area contributed by atoms with Crippen molar-refractivity contribution in [3.05, 3.63) is 66.7 Å². The molecule has 0 bridgehead atoms. The van der Waals surface area contributed by atoms with Crippen molar-refractivity contribution in [3.8, 4) is 16.9 Å². The summed E-state index contributed by atoms with van der Waals surface area (Å²) >= 11 is 0. The maximum absolute atomic E-state index is 11.0. The molecule has 0 saturated carbocycles. The molecule has 0 aliphatic rings. The first-order valence-electron chi connectivity index (χ1n) is 9.81. The molecular formula is C24H30O4. The van der Waals surface area contributed by atoms with Gasteiger partial charge in [-0.1, -0.05) is 63.2 Å². The number of carbonyl (C=O) groups is 1. The average Bonchev–Trinajstić information content (AvgIpc) is 2.73. The highest BCUT2D eigenvalue weighted by molar-refractivity contribution is 5.81. The van der Waals surface area contributed by atoms with Crippen molar-refractivity contribution in [3.63, 3.8) is 0 Å². The molecule has 150 valence electrons. The molecule has 0 aliphatic heterocycles. The summed E-state index contributed by atoms with van der Waals surface area (Å²) in [7, 11) is 0. The highest BCUT2D eigenvalue weighted by atomic mass is 16.5. The first-order chi connectivity index (χ1) is 13.5. The van der Waals surface area contributed by atoms with Gasteiger partial charge in [-0.2, -0.15) is 0 Å². The molecule has 0 radical (unpaired) electrons. The molecule has 0 heterocycles. The second-order valence-electron chi connectivity index (χ2n) is 7.06. The van der Waals surface area contributed by atoms with E-state index in [1.54, 1.807) is 0 Å². The Labute approximate surface area is 167 Å². The molecule has 0 aliphatic carbocycles. The van der Waals surface area contributed by atoms with E-state index in [-0.39, 0.29) is 6.61 Å². The maximum atomic E-state index is 11.0. The minimum Gasteiger partial charge on any atom is -0.493 e. The van der Waals surface area contributed by atoms with Crippen LogP contribution in [-0.2, 0) is 16.0 Å². The maximum Gasteiger partial charge on any atom is 0.330 e. The molecule has 0 spiro atoms. The predicted octanol–water partition coefficient (Wildman–Crippen LogP) is 4.80. The van der Waals surface area contributed by atoms with Crippen molar-refractivity contribution in [1.82, 2.24) is 0 Å². The van der Waals surface area contributed by atoms with Crippen LogP contribution in [-0.4, -0.2) is 30.4 Å². The molecule has 2 aromatic carbocycles. The van der Waals surface area contributed by atoms with E-state index in [0.29, 0.717) is 18.9 Å². The van der Waals surface area contributed by atoms with Gasteiger partial charge in [0.15, 0.2) is 0 Å². The zero-order chi connectivity index (χ0) is 20.4. The van der Waals surface area contributed by atoms with Crippen molar-refractivity contribution in [2.45, 2.75) is 39.2 Å². The van der Waals surface area contributed by atoms with Gasteiger partial charge in [0.2, 0.25) is 0 Å². The number of rotatable bonds is 11. The van der Waals surface area contributed by atoms with Crippen molar-refractivity contribution in [1.29, 1.82) is 0 Å². The summed E-state index contributed by atoms with van der Waals surface area (Å²) in [4.78, 5) is 11.0. The van der Waals surface area contributed by atoms with E-state index >= 15 is 0 Å². The number of ether oxygens (including phenoxy) is 2. The molecule has 2 rings (SSSR count). The Morgan fingerprint density at radius 1 is 1.11 bits per heavy atom. The summed E-state index contributed by atoms with van der Waals surface area (Å²) in [5.74, 6) is 0.908. The lowest BCUT2D eigenvalue weighted by Crippen LogP contribution is -2.20. The number of hydrogen-bond acceptors (Lipinski definition) is 4. The molecule has 2 unspecified atom stereocenters. The summed E-state index contributed by atoms with van der Waals surface area (Å²) in [6.45, 7) is 8.10. The molecule has 4 heteroatoms. The summed E-state index contributed by atoms with van der Waals surface area (Å²) in [6, 6.07) is 16.6. The summed E-state index contributed by atoms with van der Waals surface area (Å²) in [6.07, 6.45) is 3.01. The van der Waals surface area contributed by atoms with Gasteiger partial charge in [-0.15, -0.1) is 0 Å². The minimum absolute atomic E-state index is 0.0554. The van der Waals surface area contributed by atoms with Crippen LogP contribution >= 0.6 is 0 Å².